The number of phenolic OH excluding ortho intramolecular Hbond substituents is 1. The summed E-state index contributed by atoms with van der Waals surface area (Å²) >= 11 is 0. The van der Waals surface area contributed by atoms with Crippen molar-refractivity contribution in [3.05, 3.63) is 39.7 Å². The van der Waals surface area contributed by atoms with Crippen LogP contribution in [0.25, 0.3) is 5.76 Å². The van der Waals surface area contributed by atoms with E-state index >= 15 is 0 Å². The fourth-order valence-electron chi connectivity index (χ4n) is 6.80. The molecule has 0 radical (unpaired) electrons. The monoisotopic (exact) mass is 555 g/mol. The van der Waals surface area contributed by atoms with Crippen LogP contribution in [0.1, 0.15) is 56.2 Å². The molecule has 0 spiro atoms. The van der Waals surface area contributed by atoms with Gasteiger partial charge in [0.15, 0.2) is 11.4 Å². The number of benzene rings is 1. The van der Waals surface area contributed by atoms with Gasteiger partial charge in [-0.05, 0) is 68.8 Å². The van der Waals surface area contributed by atoms with Crippen molar-refractivity contribution in [1.29, 1.82) is 0 Å². The second-order valence-electron chi connectivity index (χ2n) is 12.3. The first-order valence-corrected chi connectivity index (χ1v) is 13.8. The number of Topliss-reactive ketones (excluding diaryl/α,β-unsaturated/α-hetero) is 2. The number of likely N-dealkylation sites (N-methyl/N-ethyl adjacent to an activating group) is 1. The third-order valence-electron chi connectivity index (χ3n) is 8.74. The number of nitrogens with two attached hydrogens (primary N) is 1. The molecule has 4 atom stereocenters. The fraction of sp³-hybridized carbons (Fsp3) is 0.567. The average molecular weight is 556 g/mol. The molecule has 0 heterocycles. The number of amides is 1. The van der Waals surface area contributed by atoms with E-state index in [1.807, 2.05) is 25.1 Å². The lowest BCUT2D eigenvalue weighted by atomic mass is 9.57. The number of hydrogen-bond donors (Lipinski definition) is 5. The second kappa shape index (κ2) is 10.6. The molecule has 0 bridgehead atoms. The number of ketones is 2. The quantitative estimate of drug-likeness (QED) is 0.239. The summed E-state index contributed by atoms with van der Waals surface area (Å²) in [4.78, 5) is 42.8. The zero-order valence-electron chi connectivity index (χ0n) is 24.1. The van der Waals surface area contributed by atoms with Crippen molar-refractivity contribution in [2.75, 3.05) is 33.1 Å². The highest BCUT2D eigenvalue weighted by Gasteiger charge is 2.64. The summed E-state index contributed by atoms with van der Waals surface area (Å²) in [6, 6.07) is 0.816. The number of fused-ring (bicyclic) bond motifs is 3. The number of rotatable bonds is 8. The van der Waals surface area contributed by atoms with Crippen LogP contribution in [0, 0.1) is 17.8 Å². The number of hydrogen-bond acceptors (Lipinski definition) is 9. The minimum atomic E-state index is -2.64. The summed E-state index contributed by atoms with van der Waals surface area (Å²) in [7, 11) is 6.90. The average Bonchev–Trinajstić information content (AvgIpc) is 2.84. The van der Waals surface area contributed by atoms with E-state index in [-0.39, 0.29) is 29.7 Å². The molecular weight excluding hydrogens is 514 g/mol. The molecule has 0 saturated heterocycles. The molecule has 1 amide bonds. The highest BCUT2D eigenvalue weighted by molar-refractivity contribution is 6.24. The molecule has 3 aliphatic rings. The Morgan fingerprint density at radius 2 is 1.77 bits per heavy atom. The normalized spacial score (nSPS) is 26.3. The number of phenols is 1. The maximum absolute atomic E-state index is 14.0. The molecule has 218 valence electrons. The molecule has 10 heteroatoms. The van der Waals surface area contributed by atoms with Gasteiger partial charge in [0.2, 0.25) is 5.78 Å². The molecule has 3 aliphatic carbocycles. The molecule has 1 fully saturated rings. The van der Waals surface area contributed by atoms with E-state index in [2.05, 4.69) is 13.8 Å². The third kappa shape index (κ3) is 4.47. The van der Waals surface area contributed by atoms with Gasteiger partial charge < -0.3 is 31.1 Å². The van der Waals surface area contributed by atoms with Crippen LogP contribution in [-0.4, -0.2) is 82.6 Å². The van der Waals surface area contributed by atoms with E-state index in [1.165, 1.54) is 4.90 Å². The molecule has 1 saturated carbocycles. The van der Waals surface area contributed by atoms with Crippen LogP contribution in [0.2, 0.25) is 0 Å². The zero-order valence-corrected chi connectivity index (χ0v) is 24.1. The number of anilines is 1. The Morgan fingerprint density at radius 3 is 2.33 bits per heavy atom. The smallest absolute Gasteiger partial charge is 0.255 e. The third-order valence-corrected chi connectivity index (χ3v) is 8.74. The van der Waals surface area contributed by atoms with Gasteiger partial charge in [-0.25, -0.2) is 0 Å². The molecule has 6 N–H and O–H groups in total. The van der Waals surface area contributed by atoms with Crippen LogP contribution >= 0.6 is 0 Å². The molecule has 40 heavy (non-hydrogen) atoms. The Morgan fingerprint density at radius 1 is 1.12 bits per heavy atom. The number of aromatic hydroxyl groups is 1. The van der Waals surface area contributed by atoms with Gasteiger partial charge in [-0.15, -0.1) is 0 Å². The summed E-state index contributed by atoms with van der Waals surface area (Å²) in [5.74, 6) is -5.80. The van der Waals surface area contributed by atoms with Crippen molar-refractivity contribution in [3.63, 3.8) is 0 Å². The van der Waals surface area contributed by atoms with E-state index in [4.69, 9.17) is 5.73 Å². The highest BCUT2D eigenvalue weighted by Crippen LogP contribution is 2.54. The maximum atomic E-state index is 14.0. The van der Waals surface area contributed by atoms with Crippen molar-refractivity contribution in [2.24, 2.45) is 23.5 Å². The number of nitrogens with zero attached hydrogens (tertiary/aromatic N) is 2. The summed E-state index contributed by atoms with van der Waals surface area (Å²) in [6.07, 6.45) is 3.79. The number of primary amides is 1. The molecule has 1 unspecified atom stereocenters. The number of aliphatic hydroxyl groups excluding tert-OH is 2. The van der Waals surface area contributed by atoms with Gasteiger partial charge in [-0.2, -0.15) is 0 Å². The van der Waals surface area contributed by atoms with Crippen LogP contribution in [0.3, 0.4) is 0 Å². The number of carbonyl (C=O) groups is 3. The van der Waals surface area contributed by atoms with Crippen LogP contribution in [0.15, 0.2) is 23.0 Å². The standard InChI is InChI=1S/C30H41N3O7/c1-14(2)9-7-8-10-15-13-19(32(3)4)17-11-16-12-18-23(33(5)6)26(36)22(29(31)39)28(38)30(18,40)27(37)20(16)25(35)21(17)24(15)34/h13-14,16,18,23,34-35,38,40H,7-12H2,1-6H3,(H2,31,39)/t16-,18-,23?,30-/m0/s1. The highest BCUT2D eigenvalue weighted by atomic mass is 16.3. The van der Waals surface area contributed by atoms with Gasteiger partial charge in [0.25, 0.3) is 5.91 Å². The Bertz CT molecular complexity index is 1330. The van der Waals surface area contributed by atoms with Crippen LogP contribution < -0.4 is 10.6 Å². The lowest BCUT2D eigenvalue weighted by Crippen LogP contribution is -2.65. The fourth-order valence-corrected chi connectivity index (χ4v) is 6.80. The first kappa shape index (κ1) is 29.6. The Hall–Kier alpha value is -3.37. The number of carbonyl (C=O) groups excluding carboxylic acids is 3. The van der Waals surface area contributed by atoms with E-state index in [1.54, 1.807) is 14.1 Å². The lowest BCUT2D eigenvalue weighted by Gasteiger charge is -2.50. The summed E-state index contributed by atoms with van der Waals surface area (Å²) in [5, 5.41) is 45.7. The van der Waals surface area contributed by atoms with Crippen LogP contribution in [-0.2, 0) is 27.2 Å². The molecule has 1 aromatic rings. The topological polar surface area (TPSA) is 165 Å². The summed E-state index contributed by atoms with van der Waals surface area (Å²) in [5.41, 5.74) is 4.05. The van der Waals surface area contributed by atoms with Crippen LogP contribution in [0.4, 0.5) is 5.69 Å². The Balaban J connectivity index is 1.89. The van der Waals surface area contributed by atoms with Crippen LogP contribution in [0.5, 0.6) is 5.75 Å². The van der Waals surface area contributed by atoms with Crippen molar-refractivity contribution < 1.29 is 34.8 Å². The Kier molecular flexibility index (Phi) is 7.81. The van der Waals surface area contributed by atoms with Crippen molar-refractivity contribution in [1.82, 2.24) is 4.90 Å². The molecule has 10 nitrogen and oxygen atoms in total. The van der Waals surface area contributed by atoms with Gasteiger partial charge in [0.1, 0.15) is 22.8 Å². The van der Waals surface area contributed by atoms with Gasteiger partial charge in [-0.3, -0.25) is 19.3 Å². The SMILES string of the molecule is CC(C)CCCCc1cc(N(C)C)c2c(c1O)C(O)=C1C(=O)[C@]3(O)C(O)=C(C(N)=O)C(=O)C(N(C)C)[C@@H]3C[C@@H]1C2. The maximum Gasteiger partial charge on any atom is 0.255 e. The second-order valence-corrected chi connectivity index (χ2v) is 12.3. The van der Waals surface area contributed by atoms with Crippen molar-refractivity contribution in [3.8, 4) is 5.75 Å². The van der Waals surface area contributed by atoms with E-state index in [9.17, 15) is 34.8 Å². The summed E-state index contributed by atoms with van der Waals surface area (Å²) in [6.45, 7) is 4.31. The first-order valence-electron chi connectivity index (χ1n) is 13.8. The number of aliphatic hydroxyl groups is 3. The van der Waals surface area contributed by atoms with Gasteiger partial charge in [0.05, 0.1) is 11.6 Å². The predicted molar refractivity (Wildman–Crippen MR) is 151 cm³/mol. The molecule has 0 aromatic heterocycles. The predicted octanol–water partition coefficient (Wildman–Crippen LogP) is 2.40. The summed E-state index contributed by atoms with van der Waals surface area (Å²) < 4.78 is 0. The minimum absolute atomic E-state index is 0.0658. The molecular formula is C30H41N3O7. The molecule has 4 rings (SSSR count). The Labute approximate surface area is 234 Å². The number of aryl methyl sites for hydroxylation is 1. The van der Waals surface area contributed by atoms with Crippen molar-refractivity contribution >= 4 is 28.9 Å². The molecule has 0 aliphatic heterocycles. The van der Waals surface area contributed by atoms with E-state index in [0.29, 0.717) is 23.5 Å². The van der Waals surface area contributed by atoms with E-state index in [0.717, 1.165) is 24.9 Å². The van der Waals surface area contributed by atoms with Gasteiger partial charge in [0, 0.05) is 31.3 Å². The minimum Gasteiger partial charge on any atom is -0.508 e. The largest absolute Gasteiger partial charge is 0.508 e. The van der Waals surface area contributed by atoms with Gasteiger partial charge in [-0.1, -0.05) is 26.7 Å². The zero-order chi connectivity index (χ0) is 29.8. The lowest BCUT2D eigenvalue weighted by molar-refractivity contribution is -0.153. The first-order chi connectivity index (χ1) is 18.6. The van der Waals surface area contributed by atoms with Crippen molar-refractivity contribution in [2.45, 2.75) is 64.0 Å². The molecule has 1 aromatic carbocycles. The number of unbranched alkanes of at least 4 members (excludes halogenated alkanes) is 1. The van der Waals surface area contributed by atoms with Gasteiger partial charge >= 0.3 is 0 Å². The van der Waals surface area contributed by atoms with E-state index < -0.39 is 58.0 Å².